The zero-order chi connectivity index (χ0) is 7.28. The van der Waals surface area contributed by atoms with Gasteiger partial charge >= 0.3 is 5.97 Å². The molecule has 0 aromatic rings. The first-order valence-electron chi connectivity index (χ1n) is 2.98. The molecule has 0 unspecified atom stereocenters. The molecule has 0 radical (unpaired) electrons. The van der Waals surface area contributed by atoms with Gasteiger partial charge in [-0.1, -0.05) is 13.8 Å². The molecule has 0 aromatic heterocycles. The molecular weight excluding hydrogens is 231 g/mol. The Morgan fingerprint density at radius 2 is 2.22 bits per heavy atom. The van der Waals surface area contributed by atoms with E-state index in [0.29, 0.717) is 12.3 Å². The maximum absolute atomic E-state index is 10.5. The van der Waals surface area contributed by atoms with Gasteiger partial charge in [-0.15, -0.1) is 0 Å². The number of hydrogen-bond acceptors (Lipinski definition) is 2. The monoisotopic (exact) mass is 242 g/mol. The predicted octanol–water partition coefficient (Wildman–Crippen LogP) is 2.32. The first-order chi connectivity index (χ1) is 4.16. The van der Waals surface area contributed by atoms with Gasteiger partial charge in [-0.05, 0) is 12.3 Å². The average Bonchev–Trinajstić information content (AvgIpc) is 1.83. The number of halogens is 1. The third-order valence-corrected chi connectivity index (χ3v) is 1.50. The Morgan fingerprint density at radius 1 is 1.67 bits per heavy atom. The highest BCUT2D eigenvalue weighted by Crippen LogP contribution is 2.05. The van der Waals surface area contributed by atoms with Crippen molar-refractivity contribution in [2.24, 2.45) is 5.92 Å². The van der Waals surface area contributed by atoms with Crippen molar-refractivity contribution in [2.45, 2.75) is 26.7 Å². The van der Waals surface area contributed by atoms with E-state index in [1.54, 1.807) is 23.0 Å². The van der Waals surface area contributed by atoms with E-state index >= 15 is 0 Å². The molecule has 0 aliphatic rings. The molecule has 2 nitrogen and oxygen atoms in total. The lowest BCUT2D eigenvalue weighted by molar-refractivity contribution is -0.131. The van der Waals surface area contributed by atoms with E-state index in [0.717, 1.165) is 6.42 Å². The minimum atomic E-state index is -0.121. The summed E-state index contributed by atoms with van der Waals surface area (Å²) in [7, 11) is 0. The summed E-state index contributed by atoms with van der Waals surface area (Å²) in [5.74, 6) is 0.463. The smallest absolute Gasteiger partial charge is 0.315 e. The molecule has 3 heteroatoms. The summed E-state index contributed by atoms with van der Waals surface area (Å²) in [5.41, 5.74) is 0. The average molecular weight is 242 g/mol. The molecule has 0 saturated heterocycles. The van der Waals surface area contributed by atoms with Gasteiger partial charge in [0.25, 0.3) is 0 Å². The first kappa shape index (κ1) is 9.20. The van der Waals surface area contributed by atoms with Crippen LogP contribution in [0.25, 0.3) is 0 Å². The highest BCUT2D eigenvalue weighted by molar-refractivity contribution is 14.1. The van der Waals surface area contributed by atoms with E-state index in [2.05, 4.69) is 16.9 Å². The van der Waals surface area contributed by atoms with E-state index in [1.807, 2.05) is 0 Å². The lowest BCUT2D eigenvalue weighted by atomic mass is 10.1. The predicted molar refractivity (Wildman–Crippen MR) is 44.2 cm³/mol. The van der Waals surface area contributed by atoms with Crippen molar-refractivity contribution in [3.8, 4) is 0 Å². The Kier molecular flexibility index (Phi) is 5.13. The standard InChI is InChI=1S/C6H11IO2/c1-5(2)3-4-6(8)9-7/h5H,3-4H2,1-2H3. The number of rotatable bonds is 3. The molecule has 9 heavy (non-hydrogen) atoms. The van der Waals surface area contributed by atoms with Crippen molar-refractivity contribution >= 4 is 29.0 Å². The van der Waals surface area contributed by atoms with Gasteiger partial charge in [0.2, 0.25) is 0 Å². The third-order valence-electron chi connectivity index (χ3n) is 1.01. The summed E-state index contributed by atoms with van der Waals surface area (Å²) in [6, 6.07) is 0. The molecule has 0 heterocycles. The molecule has 0 aliphatic heterocycles. The van der Waals surface area contributed by atoms with Crippen molar-refractivity contribution in [3.63, 3.8) is 0 Å². The molecule has 0 aromatic carbocycles. The van der Waals surface area contributed by atoms with Gasteiger partial charge in [0.05, 0.1) is 0 Å². The fourth-order valence-corrected chi connectivity index (χ4v) is 0.665. The lowest BCUT2D eigenvalue weighted by Gasteiger charge is -1.99. The van der Waals surface area contributed by atoms with Crippen molar-refractivity contribution in [1.29, 1.82) is 0 Å². The second kappa shape index (κ2) is 5.02. The van der Waals surface area contributed by atoms with Gasteiger partial charge in [0.1, 0.15) is 0 Å². The molecule has 0 rings (SSSR count). The molecule has 0 saturated carbocycles. The maximum Gasteiger partial charge on any atom is 0.315 e. The lowest BCUT2D eigenvalue weighted by Crippen LogP contribution is -1.98. The van der Waals surface area contributed by atoms with Crippen molar-refractivity contribution in [3.05, 3.63) is 0 Å². The van der Waals surface area contributed by atoms with E-state index < -0.39 is 0 Å². The summed E-state index contributed by atoms with van der Waals surface area (Å²) in [6.07, 6.45) is 1.46. The van der Waals surface area contributed by atoms with E-state index in [-0.39, 0.29) is 5.97 Å². The number of hydrogen-bond donors (Lipinski definition) is 0. The van der Waals surface area contributed by atoms with Crippen LogP contribution in [0.2, 0.25) is 0 Å². The van der Waals surface area contributed by atoms with Crippen LogP contribution in [0.3, 0.4) is 0 Å². The van der Waals surface area contributed by atoms with Crippen LogP contribution in [0.1, 0.15) is 26.7 Å². The third kappa shape index (κ3) is 6.08. The fourth-order valence-electron chi connectivity index (χ4n) is 0.445. The summed E-state index contributed by atoms with van der Waals surface area (Å²) in [6.45, 7) is 4.17. The Labute approximate surface area is 69.7 Å². The largest absolute Gasteiger partial charge is 0.394 e. The number of carbonyl (C=O) groups is 1. The minimum Gasteiger partial charge on any atom is -0.394 e. The zero-order valence-electron chi connectivity index (χ0n) is 5.69. The van der Waals surface area contributed by atoms with Gasteiger partial charge in [0, 0.05) is 6.42 Å². The van der Waals surface area contributed by atoms with Crippen LogP contribution in [0.4, 0.5) is 0 Å². The molecular formula is C6H11IO2. The maximum atomic E-state index is 10.5. The van der Waals surface area contributed by atoms with Crippen LogP contribution < -0.4 is 0 Å². The molecule has 54 valence electrons. The van der Waals surface area contributed by atoms with E-state index in [1.165, 1.54) is 0 Å². The molecule has 0 aliphatic carbocycles. The Hall–Kier alpha value is 0.200. The second-order valence-electron chi connectivity index (χ2n) is 2.38. The molecule has 0 fully saturated rings. The van der Waals surface area contributed by atoms with Gasteiger partial charge in [0.15, 0.2) is 23.0 Å². The van der Waals surface area contributed by atoms with Crippen LogP contribution in [-0.2, 0) is 7.86 Å². The van der Waals surface area contributed by atoms with E-state index in [9.17, 15) is 4.79 Å². The van der Waals surface area contributed by atoms with Gasteiger partial charge < -0.3 is 3.07 Å². The highest BCUT2D eigenvalue weighted by Gasteiger charge is 2.01. The van der Waals surface area contributed by atoms with Gasteiger partial charge in [-0.2, -0.15) is 0 Å². The summed E-state index contributed by atoms with van der Waals surface area (Å²) >= 11 is 1.61. The quantitative estimate of drug-likeness (QED) is 0.710. The SMILES string of the molecule is CC(C)CCC(=O)OI. The Bertz CT molecular complexity index is 91.1. The van der Waals surface area contributed by atoms with Crippen molar-refractivity contribution in [2.75, 3.05) is 0 Å². The van der Waals surface area contributed by atoms with Crippen molar-refractivity contribution in [1.82, 2.24) is 0 Å². The van der Waals surface area contributed by atoms with Crippen LogP contribution >= 0.6 is 23.0 Å². The Balaban J connectivity index is 3.17. The summed E-state index contributed by atoms with van der Waals surface area (Å²) < 4.78 is 4.43. The van der Waals surface area contributed by atoms with Crippen LogP contribution in [0.5, 0.6) is 0 Å². The molecule has 0 amide bonds. The van der Waals surface area contributed by atoms with Gasteiger partial charge in [-0.3, -0.25) is 4.79 Å². The van der Waals surface area contributed by atoms with E-state index in [4.69, 9.17) is 0 Å². The van der Waals surface area contributed by atoms with Crippen LogP contribution in [0.15, 0.2) is 0 Å². The van der Waals surface area contributed by atoms with Crippen LogP contribution in [0, 0.1) is 5.92 Å². The normalized spacial score (nSPS) is 9.78. The molecule has 0 spiro atoms. The molecule has 0 N–H and O–H groups in total. The number of carbonyl (C=O) groups excluding carboxylic acids is 1. The zero-order valence-corrected chi connectivity index (χ0v) is 7.84. The fraction of sp³-hybridized carbons (Fsp3) is 0.833. The summed E-state index contributed by atoms with van der Waals surface area (Å²) in [4.78, 5) is 10.5. The van der Waals surface area contributed by atoms with Crippen LogP contribution in [-0.4, -0.2) is 5.97 Å². The first-order valence-corrected chi connectivity index (χ1v) is 3.86. The summed E-state index contributed by atoms with van der Waals surface area (Å²) in [5, 5.41) is 0. The van der Waals surface area contributed by atoms with Gasteiger partial charge in [-0.25, -0.2) is 0 Å². The highest BCUT2D eigenvalue weighted by atomic mass is 127. The molecule has 0 bridgehead atoms. The minimum absolute atomic E-state index is 0.121. The molecule has 0 atom stereocenters. The van der Waals surface area contributed by atoms with Crippen molar-refractivity contribution < 1.29 is 7.86 Å². The Morgan fingerprint density at radius 3 is 2.56 bits per heavy atom. The second-order valence-corrected chi connectivity index (χ2v) is 2.82. The topological polar surface area (TPSA) is 26.3 Å².